The second kappa shape index (κ2) is 5.69. The lowest BCUT2D eigenvalue weighted by atomic mass is 10.00. The van der Waals surface area contributed by atoms with Gasteiger partial charge in [-0.2, -0.15) is 5.10 Å². The van der Waals surface area contributed by atoms with Crippen molar-refractivity contribution in [2.75, 3.05) is 36.0 Å². The molecule has 0 spiro atoms. The summed E-state index contributed by atoms with van der Waals surface area (Å²) in [4.78, 5) is 26.6. The summed E-state index contributed by atoms with van der Waals surface area (Å²) in [5.41, 5.74) is 1.16. The van der Waals surface area contributed by atoms with Gasteiger partial charge in [-0.25, -0.2) is 9.18 Å². The molecule has 25 heavy (non-hydrogen) atoms. The number of hydrogen-bond acceptors (Lipinski definition) is 5. The van der Waals surface area contributed by atoms with Gasteiger partial charge in [-0.05, 0) is 12.1 Å². The summed E-state index contributed by atoms with van der Waals surface area (Å²) in [5, 5.41) is 16.2. The van der Waals surface area contributed by atoms with Crippen LogP contribution in [0.3, 0.4) is 0 Å². The molecule has 0 radical (unpaired) electrons. The minimum atomic E-state index is -0.547. The van der Waals surface area contributed by atoms with E-state index in [2.05, 4.69) is 10.4 Å². The Labute approximate surface area is 142 Å². The van der Waals surface area contributed by atoms with Crippen molar-refractivity contribution in [2.45, 2.75) is 6.42 Å². The fourth-order valence-electron chi connectivity index (χ4n) is 3.34. The number of imide groups is 1. The molecule has 8 nitrogen and oxygen atoms in total. The van der Waals surface area contributed by atoms with Gasteiger partial charge in [0.05, 0.1) is 11.2 Å². The predicted molar refractivity (Wildman–Crippen MR) is 89.0 cm³/mol. The zero-order valence-electron chi connectivity index (χ0n) is 13.7. The number of fused-ring (bicyclic) bond motifs is 1. The van der Waals surface area contributed by atoms with Crippen LogP contribution in [0.1, 0.15) is 6.42 Å². The summed E-state index contributed by atoms with van der Waals surface area (Å²) in [6.45, 7) is 1.53. The molecule has 2 N–H and O–H groups in total. The van der Waals surface area contributed by atoms with Gasteiger partial charge in [0, 0.05) is 51.0 Å². The predicted octanol–water partition coefficient (Wildman–Crippen LogP) is 0.587. The molecule has 1 aromatic carbocycles. The van der Waals surface area contributed by atoms with E-state index in [4.69, 9.17) is 5.11 Å². The maximum Gasteiger partial charge on any atom is 0.329 e. The smallest absolute Gasteiger partial charge is 0.329 e. The van der Waals surface area contributed by atoms with Gasteiger partial charge in [0.2, 0.25) is 5.91 Å². The van der Waals surface area contributed by atoms with Crippen LogP contribution in [0.4, 0.5) is 20.7 Å². The SMILES string of the molecule is Cn1nc(N2CCC(=O)NC2=O)c2cc(F)c(N3CC(CO)C3)cc21. The van der Waals surface area contributed by atoms with Gasteiger partial charge in [0.25, 0.3) is 0 Å². The monoisotopic (exact) mass is 347 g/mol. The number of halogens is 1. The van der Waals surface area contributed by atoms with E-state index >= 15 is 0 Å². The molecule has 2 aromatic rings. The van der Waals surface area contributed by atoms with Gasteiger partial charge in [0.1, 0.15) is 5.82 Å². The van der Waals surface area contributed by atoms with Crippen molar-refractivity contribution in [3.05, 3.63) is 17.9 Å². The first-order valence-corrected chi connectivity index (χ1v) is 8.11. The van der Waals surface area contributed by atoms with Crippen LogP contribution < -0.4 is 15.1 Å². The van der Waals surface area contributed by atoms with Crippen LogP contribution in [-0.2, 0) is 11.8 Å². The van der Waals surface area contributed by atoms with Crippen molar-refractivity contribution in [3.63, 3.8) is 0 Å². The minimum Gasteiger partial charge on any atom is -0.396 e. The van der Waals surface area contributed by atoms with E-state index in [1.165, 1.54) is 11.0 Å². The number of aliphatic hydroxyl groups is 1. The number of urea groups is 1. The number of carbonyl (C=O) groups is 2. The number of hydrogen-bond donors (Lipinski definition) is 2. The maximum absolute atomic E-state index is 14.6. The molecule has 0 bridgehead atoms. The lowest BCUT2D eigenvalue weighted by Crippen LogP contribution is -2.49. The van der Waals surface area contributed by atoms with Crippen LogP contribution in [0, 0.1) is 11.7 Å². The third kappa shape index (κ3) is 2.51. The van der Waals surface area contributed by atoms with Crippen LogP contribution >= 0.6 is 0 Å². The number of aromatic nitrogens is 2. The minimum absolute atomic E-state index is 0.0962. The van der Waals surface area contributed by atoms with Crippen LogP contribution in [0.5, 0.6) is 0 Å². The highest BCUT2D eigenvalue weighted by Gasteiger charge is 2.31. The molecule has 0 unspecified atom stereocenters. The number of carbonyl (C=O) groups excluding carboxylic acids is 2. The molecule has 2 aliphatic heterocycles. The first-order valence-electron chi connectivity index (χ1n) is 8.11. The Bertz CT molecular complexity index is 874. The van der Waals surface area contributed by atoms with Crippen LogP contribution in [-0.4, -0.2) is 53.1 Å². The third-order valence-electron chi connectivity index (χ3n) is 4.77. The van der Waals surface area contributed by atoms with Gasteiger partial charge in [-0.15, -0.1) is 0 Å². The highest BCUT2D eigenvalue weighted by atomic mass is 19.1. The summed E-state index contributed by atoms with van der Waals surface area (Å²) in [6.07, 6.45) is 0.181. The normalized spacial score (nSPS) is 18.7. The van der Waals surface area contributed by atoms with Crippen molar-refractivity contribution in [2.24, 2.45) is 13.0 Å². The van der Waals surface area contributed by atoms with Crippen LogP contribution in [0.2, 0.25) is 0 Å². The van der Waals surface area contributed by atoms with E-state index in [1.54, 1.807) is 17.8 Å². The molecular formula is C16H18FN5O3. The number of aryl methyl sites for hydroxylation is 1. The maximum atomic E-state index is 14.6. The highest BCUT2D eigenvalue weighted by Crippen LogP contribution is 2.34. The van der Waals surface area contributed by atoms with Crippen molar-refractivity contribution >= 4 is 34.3 Å². The Balaban J connectivity index is 1.72. The summed E-state index contributed by atoms with van der Waals surface area (Å²) in [7, 11) is 1.73. The van der Waals surface area contributed by atoms with E-state index < -0.39 is 11.8 Å². The summed E-state index contributed by atoms with van der Waals surface area (Å²) >= 11 is 0. The first-order chi connectivity index (χ1) is 12.0. The zero-order chi connectivity index (χ0) is 17.7. The number of nitrogens with zero attached hydrogens (tertiary/aromatic N) is 4. The van der Waals surface area contributed by atoms with Gasteiger partial charge in [0.15, 0.2) is 5.82 Å². The number of benzene rings is 1. The first kappa shape index (κ1) is 15.8. The standard InChI is InChI=1S/C16H18FN5O3/c1-20-12-5-13(21-6-9(7-21)8-23)11(17)4-10(12)15(19-20)22-3-2-14(24)18-16(22)25/h4-5,9,23H,2-3,6-8H2,1H3,(H,18,24,25). The number of aliphatic hydroxyl groups excluding tert-OH is 1. The Morgan fingerprint density at radius 3 is 2.80 bits per heavy atom. The van der Waals surface area contributed by atoms with Crippen molar-refractivity contribution < 1.29 is 19.1 Å². The van der Waals surface area contributed by atoms with Gasteiger partial charge in [-0.1, -0.05) is 0 Å². The second-order valence-electron chi connectivity index (χ2n) is 6.48. The topological polar surface area (TPSA) is 90.7 Å². The molecule has 0 aliphatic carbocycles. The van der Waals surface area contributed by atoms with Crippen molar-refractivity contribution in [1.82, 2.24) is 15.1 Å². The Morgan fingerprint density at radius 1 is 1.36 bits per heavy atom. The molecule has 2 aliphatic rings. The molecule has 3 amide bonds. The molecule has 3 heterocycles. The molecule has 9 heteroatoms. The van der Waals surface area contributed by atoms with E-state index in [9.17, 15) is 14.0 Å². The Kier molecular flexibility index (Phi) is 3.60. The highest BCUT2D eigenvalue weighted by molar-refractivity contribution is 6.09. The third-order valence-corrected chi connectivity index (χ3v) is 4.77. The van der Waals surface area contributed by atoms with Crippen LogP contribution in [0.15, 0.2) is 12.1 Å². The summed E-state index contributed by atoms with van der Waals surface area (Å²) < 4.78 is 16.2. The molecule has 132 valence electrons. The van der Waals surface area contributed by atoms with Crippen molar-refractivity contribution in [1.29, 1.82) is 0 Å². The average Bonchev–Trinajstić information content (AvgIpc) is 2.83. The fourth-order valence-corrected chi connectivity index (χ4v) is 3.34. The number of amides is 3. The van der Waals surface area contributed by atoms with Gasteiger partial charge < -0.3 is 10.0 Å². The molecule has 4 rings (SSSR count). The van der Waals surface area contributed by atoms with E-state index in [-0.39, 0.29) is 31.4 Å². The van der Waals surface area contributed by atoms with E-state index in [0.29, 0.717) is 35.5 Å². The largest absolute Gasteiger partial charge is 0.396 e. The van der Waals surface area contributed by atoms with Crippen molar-refractivity contribution in [3.8, 4) is 0 Å². The molecule has 2 fully saturated rings. The Hall–Kier alpha value is -2.68. The fraction of sp³-hybridized carbons (Fsp3) is 0.438. The second-order valence-corrected chi connectivity index (χ2v) is 6.48. The number of nitrogens with one attached hydrogen (secondary N) is 1. The molecular weight excluding hydrogens is 329 g/mol. The lowest BCUT2D eigenvalue weighted by Gasteiger charge is -2.40. The molecule has 2 saturated heterocycles. The Morgan fingerprint density at radius 2 is 2.12 bits per heavy atom. The average molecular weight is 347 g/mol. The quantitative estimate of drug-likeness (QED) is 0.848. The number of anilines is 2. The van der Waals surface area contributed by atoms with E-state index in [0.717, 1.165) is 0 Å². The summed E-state index contributed by atoms with van der Waals surface area (Å²) in [6, 6.07) is 2.54. The van der Waals surface area contributed by atoms with E-state index in [1.807, 2.05) is 4.90 Å². The molecule has 0 atom stereocenters. The van der Waals surface area contributed by atoms with Gasteiger partial charge in [-0.3, -0.25) is 19.7 Å². The van der Waals surface area contributed by atoms with Crippen LogP contribution in [0.25, 0.3) is 10.9 Å². The zero-order valence-corrected chi connectivity index (χ0v) is 13.7. The molecule has 1 aromatic heterocycles. The number of rotatable bonds is 3. The molecule has 0 saturated carbocycles. The van der Waals surface area contributed by atoms with Gasteiger partial charge >= 0.3 is 6.03 Å². The lowest BCUT2D eigenvalue weighted by molar-refractivity contribution is -0.120. The summed E-state index contributed by atoms with van der Waals surface area (Å²) in [5.74, 6) is -0.214.